The number of aromatic nitrogens is 3. The second-order valence-electron chi connectivity index (χ2n) is 5.64. The monoisotopic (exact) mass is 286 g/mol. The van der Waals surface area contributed by atoms with Crippen LogP contribution in [0.5, 0.6) is 0 Å². The molecule has 0 atom stereocenters. The Morgan fingerprint density at radius 1 is 1.37 bits per heavy atom. The van der Waals surface area contributed by atoms with Crippen molar-refractivity contribution in [3.63, 3.8) is 0 Å². The van der Waals surface area contributed by atoms with Crippen LogP contribution >= 0.6 is 11.8 Å². The largest absolute Gasteiger partial charge is 0.481 e. The molecule has 0 bridgehead atoms. The van der Waals surface area contributed by atoms with E-state index in [0.717, 1.165) is 18.8 Å². The molecule has 0 aliphatic heterocycles. The van der Waals surface area contributed by atoms with Crippen molar-refractivity contribution in [1.82, 2.24) is 19.7 Å². The lowest BCUT2D eigenvalue weighted by Gasteiger charge is -2.25. The highest BCUT2D eigenvalue weighted by Crippen LogP contribution is 2.25. The Labute approximate surface area is 118 Å². The predicted molar refractivity (Wildman–Crippen MR) is 75.6 cm³/mol. The van der Waals surface area contributed by atoms with E-state index in [0.29, 0.717) is 5.16 Å². The van der Waals surface area contributed by atoms with E-state index in [9.17, 15) is 4.79 Å². The third kappa shape index (κ3) is 4.83. The van der Waals surface area contributed by atoms with Crippen molar-refractivity contribution in [2.75, 3.05) is 26.4 Å². The molecule has 1 rings (SSSR count). The lowest BCUT2D eigenvalue weighted by Crippen LogP contribution is -2.27. The highest BCUT2D eigenvalue weighted by Gasteiger charge is 2.23. The smallest absolute Gasteiger partial charge is 0.313 e. The standard InChI is InChI=1S/C12H22N4O2S/c1-12(2,3)16-9(6-7-15(4)5)13-14-11(16)19-8-10(17)18/h6-8H2,1-5H3,(H,17,18). The summed E-state index contributed by atoms with van der Waals surface area (Å²) in [5.41, 5.74) is -0.161. The van der Waals surface area contributed by atoms with Crippen molar-refractivity contribution >= 4 is 17.7 Å². The van der Waals surface area contributed by atoms with Crippen molar-refractivity contribution in [3.8, 4) is 0 Å². The fraction of sp³-hybridized carbons (Fsp3) is 0.750. The Bertz CT molecular complexity index is 437. The van der Waals surface area contributed by atoms with Gasteiger partial charge in [-0.25, -0.2) is 0 Å². The summed E-state index contributed by atoms with van der Waals surface area (Å²) in [6.45, 7) is 7.10. The fourth-order valence-corrected chi connectivity index (χ4v) is 2.54. The second kappa shape index (κ2) is 6.38. The molecule has 0 aliphatic carbocycles. The normalized spacial score (nSPS) is 12.1. The van der Waals surface area contributed by atoms with Crippen molar-refractivity contribution in [2.45, 2.75) is 37.9 Å². The average Bonchev–Trinajstić information content (AvgIpc) is 2.66. The van der Waals surface area contributed by atoms with Gasteiger partial charge in [-0.3, -0.25) is 4.79 Å². The maximum Gasteiger partial charge on any atom is 0.313 e. The van der Waals surface area contributed by atoms with E-state index in [1.807, 2.05) is 18.7 Å². The average molecular weight is 286 g/mol. The van der Waals surface area contributed by atoms with Crippen LogP contribution in [-0.2, 0) is 16.8 Å². The van der Waals surface area contributed by atoms with E-state index in [1.54, 1.807) is 0 Å². The summed E-state index contributed by atoms with van der Waals surface area (Å²) >= 11 is 1.21. The molecule has 0 aliphatic rings. The summed E-state index contributed by atoms with van der Waals surface area (Å²) in [5, 5.41) is 17.8. The summed E-state index contributed by atoms with van der Waals surface area (Å²) in [5.74, 6) is 0.0550. The van der Waals surface area contributed by atoms with Gasteiger partial charge in [0.1, 0.15) is 5.82 Å². The van der Waals surface area contributed by atoms with Gasteiger partial charge in [-0.15, -0.1) is 10.2 Å². The number of carboxylic acid groups (broad SMARTS) is 1. The first kappa shape index (κ1) is 16.0. The first-order chi connectivity index (χ1) is 8.71. The number of rotatable bonds is 6. The van der Waals surface area contributed by atoms with Gasteiger partial charge in [0.25, 0.3) is 0 Å². The zero-order valence-electron chi connectivity index (χ0n) is 12.2. The molecular weight excluding hydrogens is 264 g/mol. The van der Waals surface area contributed by atoms with Crippen LogP contribution < -0.4 is 0 Å². The minimum absolute atomic E-state index is 0.00188. The molecule has 1 aromatic heterocycles. The van der Waals surface area contributed by atoms with Gasteiger partial charge in [-0.05, 0) is 34.9 Å². The van der Waals surface area contributed by atoms with E-state index in [2.05, 4.69) is 35.9 Å². The first-order valence-corrected chi connectivity index (χ1v) is 7.14. The number of hydrogen-bond donors (Lipinski definition) is 1. The second-order valence-corrected chi connectivity index (χ2v) is 6.58. The molecule has 108 valence electrons. The Balaban J connectivity index is 2.95. The Morgan fingerprint density at radius 3 is 2.47 bits per heavy atom. The van der Waals surface area contributed by atoms with Crippen LogP contribution in [0, 0.1) is 0 Å². The molecular formula is C12H22N4O2S. The van der Waals surface area contributed by atoms with Gasteiger partial charge in [-0.2, -0.15) is 0 Å². The van der Waals surface area contributed by atoms with Gasteiger partial charge in [-0.1, -0.05) is 11.8 Å². The summed E-state index contributed by atoms with van der Waals surface area (Å²) in [7, 11) is 4.02. The minimum Gasteiger partial charge on any atom is -0.481 e. The molecule has 0 radical (unpaired) electrons. The van der Waals surface area contributed by atoms with Gasteiger partial charge in [0.15, 0.2) is 5.16 Å². The molecule has 6 nitrogen and oxygen atoms in total. The van der Waals surface area contributed by atoms with Crippen LogP contribution in [-0.4, -0.2) is 57.1 Å². The van der Waals surface area contributed by atoms with E-state index in [1.165, 1.54) is 11.8 Å². The van der Waals surface area contributed by atoms with Crippen molar-refractivity contribution < 1.29 is 9.90 Å². The van der Waals surface area contributed by atoms with E-state index >= 15 is 0 Å². The molecule has 1 N–H and O–H groups in total. The Hall–Kier alpha value is -1.08. The zero-order valence-corrected chi connectivity index (χ0v) is 13.0. The lowest BCUT2D eigenvalue weighted by atomic mass is 10.1. The van der Waals surface area contributed by atoms with Crippen LogP contribution in [0.1, 0.15) is 26.6 Å². The first-order valence-electron chi connectivity index (χ1n) is 6.16. The molecule has 0 amide bonds. The number of aliphatic carboxylic acids is 1. The highest BCUT2D eigenvalue weighted by atomic mass is 32.2. The Morgan fingerprint density at radius 2 is 2.00 bits per heavy atom. The Kier molecular flexibility index (Phi) is 5.37. The van der Waals surface area contributed by atoms with Crippen LogP contribution in [0.3, 0.4) is 0 Å². The quantitative estimate of drug-likeness (QED) is 0.795. The molecule has 19 heavy (non-hydrogen) atoms. The van der Waals surface area contributed by atoms with E-state index in [4.69, 9.17) is 5.11 Å². The van der Waals surface area contributed by atoms with Crippen LogP contribution in [0.15, 0.2) is 5.16 Å². The van der Waals surface area contributed by atoms with Gasteiger partial charge >= 0.3 is 5.97 Å². The number of carbonyl (C=O) groups is 1. The summed E-state index contributed by atoms with van der Waals surface area (Å²) in [4.78, 5) is 12.8. The van der Waals surface area contributed by atoms with Crippen LogP contribution in [0.25, 0.3) is 0 Å². The molecule has 0 aromatic carbocycles. The highest BCUT2D eigenvalue weighted by molar-refractivity contribution is 7.99. The molecule has 0 spiro atoms. The van der Waals surface area contributed by atoms with Crippen molar-refractivity contribution in [1.29, 1.82) is 0 Å². The molecule has 0 saturated heterocycles. The van der Waals surface area contributed by atoms with Crippen molar-refractivity contribution in [3.05, 3.63) is 5.82 Å². The number of hydrogen-bond acceptors (Lipinski definition) is 5. The van der Waals surface area contributed by atoms with E-state index < -0.39 is 5.97 Å². The van der Waals surface area contributed by atoms with Gasteiger partial charge < -0.3 is 14.6 Å². The molecule has 0 saturated carbocycles. The number of likely N-dealkylation sites (N-methyl/N-ethyl adjacent to an activating group) is 1. The molecule has 0 unspecified atom stereocenters. The summed E-state index contributed by atoms with van der Waals surface area (Å²) in [6, 6.07) is 0. The van der Waals surface area contributed by atoms with Gasteiger partial charge in [0.2, 0.25) is 0 Å². The van der Waals surface area contributed by atoms with Crippen LogP contribution in [0.2, 0.25) is 0 Å². The van der Waals surface area contributed by atoms with Gasteiger partial charge in [0, 0.05) is 18.5 Å². The predicted octanol–water partition coefficient (Wildman–Crippen LogP) is 1.31. The molecule has 0 fully saturated rings. The molecule has 7 heteroatoms. The topological polar surface area (TPSA) is 71.2 Å². The number of carboxylic acids is 1. The number of thioether (sulfide) groups is 1. The zero-order chi connectivity index (χ0) is 14.6. The lowest BCUT2D eigenvalue weighted by molar-refractivity contribution is -0.133. The third-order valence-electron chi connectivity index (χ3n) is 2.48. The van der Waals surface area contributed by atoms with Crippen molar-refractivity contribution in [2.24, 2.45) is 0 Å². The fourth-order valence-electron chi connectivity index (χ4n) is 1.68. The number of nitrogens with zero attached hydrogens (tertiary/aromatic N) is 4. The van der Waals surface area contributed by atoms with Crippen LogP contribution in [0.4, 0.5) is 0 Å². The molecule has 1 aromatic rings. The third-order valence-corrected chi connectivity index (χ3v) is 3.39. The SMILES string of the molecule is CN(C)CCc1nnc(SCC(=O)O)n1C(C)(C)C. The van der Waals surface area contributed by atoms with E-state index in [-0.39, 0.29) is 11.3 Å². The summed E-state index contributed by atoms with van der Waals surface area (Å²) < 4.78 is 2.03. The maximum atomic E-state index is 10.7. The molecule has 1 heterocycles. The maximum absolute atomic E-state index is 10.7. The summed E-state index contributed by atoms with van der Waals surface area (Å²) in [6.07, 6.45) is 0.797. The van der Waals surface area contributed by atoms with Gasteiger partial charge in [0.05, 0.1) is 5.75 Å². The minimum atomic E-state index is -0.844.